The first-order valence-corrected chi connectivity index (χ1v) is 10.3. The summed E-state index contributed by atoms with van der Waals surface area (Å²) in [6.45, 7) is 1.42. The van der Waals surface area contributed by atoms with Crippen LogP contribution in [0.4, 0.5) is 4.39 Å². The lowest BCUT2D eigenvalue weighted by Crippen LogP contribution is -2.35. The summed E-state index contributed by atoms with van der Waals surface area (Å²) in [5.41, 5.74) is 4.19. The van der Waals surface area contributed by atoms with Gasteiger partial charge in [0.15, 0.2) is 0 Å². The van der Waals surface area contributed by atoms with Crippen LogP contribution in [-0.4, -0.2) is 33.4 Å². The van der Waals surface area contributed by atoms with Gasteiger partial charge >= 0.3 is 5.97 Å². The molecule has 0 unspecified atom stereocenters. The van der Waals surface area contributed by atoms with E-state index in [1.807, 2.05) is 55.5 Å². The lowest BCUT2D eigenvalue weighted by molar-refractivity contribution is -0.137. The number of fused-ring (bicyclic) bond motifs is 1. The molecular weight excluding hydrogens is 431 g/mol. The van der Waals surface area contributed by atoms with E-state index in [2.05, 4.69) is 4.98 Å². The van der Waals surface area contributed by atoms with Gasteiger partial charge in [-0.15, -0.1) is 0 Å². The molecule has 0 saturated carbocycles. The molecule has 162 valence electrons. The Balaban J connectivity index is 1.82. The Labute approximate surface area is 189 Å². The summed E-state index contributed by atoms with van der Waals surface area (Å²) in [4.78, 5) is 29.5. The molecule has 0 aliphatic rings. The lowest BCUT2D eigenvalue weighted by Gasteiger charge is -2.21. The molecule has 0 spiro atoms. The van der Waals surface area contributed by atoms with Gasteiger partial charge in [0.1, 0.15) is 18.1 Å². The van der Waals surface area contributed by atoms with E-state index in [4.69, 9.17) is 11.6 Å². The van der Waals surface area contributed by atoms with Crippen molar-refractivity contribution < 1.29 is 19.1 Å². The SMILES string of the molecule is Cc1ccc2[nH]c(C(=O)N(CC(=O)O)Cc3ccc(F)c(Cl)c3)c(-c3ccccc3)c2c1. The molecule has 1 aromatic heterocycles. The second-order valence-corrected chi connectivity index (χ2v) is 8.00. The number of carbonyl (C=O) groups is 2. The van der Waals surface area contributed by atoms with E-state index < -0.39 is 24.2 Å². The summed E-state index contributed by atoms with van der Waals surface area (Å²) < 4.78 is 13.5. The molecule has 3 aromatic carbocycles. The normalized spacial score (nSPS) is 11.0. The van der Waals surface area contributed by atoms with Gasteiger partial charge in [-0.2, -0.15) is 0 Å². The number of halogens is 2. The fourth-order valence-electron chi connectivity index (χ4n) is 3.75. The van der Waals surface area contributed by atoms with E-state index in [1.54, 1.807) is 0 Å². The van der Waals surface area contributed by atoms with Crippen LogP contribution in [0.3, 0.4) is 0 Å². The Hall–Kier alpha value is -3.64. The van der Waals surface area contributed by atoms with Crippen LogP contribution in [0.15, 0.2) is 66.7 Å². The average Bonchev–Trinajstić information content (AvgIpc) is 3.14. The zero-order chi connectivity index (χ0) is 22.8. The number of rotatable bonds is 6. The topological polar surface area (TPSA) is 73.4 Å². The number of nitrogens with one attached hydrogen (secondary N) is 1. The minimum Gasteiger partial charge on any atom is -0.480 e. The van der Waals surface area contributed by atoms with Crippen molar-refractivity contribution in [2.24, 2.45) is 0 Å². The fraction of sp³-hybridized carbons (Fsp3) is 0.120. The van der Waals surface area contributed by atoms with Crippen molar-refractivity contribution in [3.63, 3.8) is 0 Å². The van der Waals surface area contributed by atoms with Crippen molar-refractivity contribution >= 4 is 34.4 Å². The minimum absolute atomic E-state index is 0.0340. The van der Waals surface area contributed by atoms with Gasteiger partial charge in [0.05, 0.1) is 5.02 Å². The van der Waals surface area contributed by atoms with Crippen molar-refractivity contribution in [3.8, 4) is 11.1 Å². The van der Waals surface area contributed by atoms with Crippen molar-refractivity contribution in [1.29, 1.82) is 0 Å². The number of hydrogen-bond acceptors (Lipinski definition) is 2. The third-order valence-electron chi connectivity index (χ3n) is 5.20. The Bertz CT molecular complexity index is 1320. The summed E-state index contributed by atoms with van der Waals surface area (Å²) in [6.07, 6.45) is 0. The van der Waals surface area contributed by atoms with Gasteiger partial charge in [-0.25, -0.2) is 4.39 Å². The van der Waals surface area contributed by atoms with Gasteiger partial charge in [0.25, 0.3) is 5.91 Å². The molecule has 5 nitrogen and oxygen atoms in total. The lowest BCUT2D eigenvalue weighted by atomic mass is 10.00. The van der Waals surface area contributed by atoms with E-state index in [0.29, 0.717) is 16.8 Å². The highest BCUT2D eigenvalue weighted by Gasteiger charge is 2.26. The van der Waals surface area contributed by atoms with Gasteiger partial charge in [-0.05, 0) is 42.3 Å². The Kier molecular flexibility index (Phi) is 5.97. The Morgan fingerprint density at radius 2 is 1.81 bits per heavy atom. The zero-order valence-electron chi connectivity index (χ0n) is 17.2. The van der Waals surface area contributed by atoms with Crippen molar-refractivity contribution in [1.82, 2.24) is 9.88 Å². The zero-order valence-corrected chi connectivity index (χ0v) is 18.0. The maximum absolute atomic E-state index is 13.6. The average molecular weight is 451 g/mol. The van der Waals surface area contributed by atoms with Crippen LogP contribution in [0.5, 0.6) is 0 Å². The van der Waals surface area contributed by atoms with Gasteiger partial charge in [-0.1, -0.05) is 59.6 Å². The van der Waals surface area contributed by atoms with Crippen molar-refractivity contribution in [2.45, 2.75) is 13.5 Å². The predicted molar refractivity (Wildman–Crippen MR) is 122 cm³/mol. The quantitative estimate of drug-likeness (QED) is 0.398. The highest BCUT2D eigenvalue weighted by molar-refractivity contribution is 6.30. The predicted octanol–water partition coefficient (Wildman–Crippen LogP) is 5.66. The number of aliphatic carboxylic acids is 1. The van der Waals surface area contributed by atoms with Gasteiger partial charge in [-0.3, -0.25) is 9.59 Å². The molecular formula is C25H20ClFN2O3. The van der Waals surface area contributed by atoms with Crippen LogP contribution in [-0.2, 0) is 11.3 Å². The third-order valence-corrected chi connectivity index (χ3v) is 5.49. The fourth-order valence-corrected chi connectivity index (χ4v) is 3.95. The Morgan fingerprint density at radius 1 is 1.06 bits per heavy atom. The van der Waals surface area contributed by atoms with Crippen LogP contribution >= 0.6 is 11.6 Å². The molecule has 0 aliphatic carbocycles. The first-order chi connectivity index (χ1) is 15.3. The smallest absolute Gasteiger partial charge is 0.323 e. The first-order valence-electron chi connectivity index (χ1n) is 9.96. The summed E-state index contributed by atoms with van der Waals surface area (Å²) >= 11 is 5.87. The highest BCUT2D eigenvalue weighted by Crippen LogP contribution is 2.34. The number of H-pyrrole nitrogens is 1. The molecule has 1 heterocycles. The van der Waals surface area contributed by atoms with Crippen molar-refractivity contribution in [3.05, 3.63) is 94.4 Å². The van der Waals surface area contributed by atoms with Crippen LogP contribution in [0.2, 0.25) is 5.02 Å². The molecule has 0 bridgehead atoms. The molecule has 0 fully saturated rings. The number of aryl methyl sites for hydroxylation is 1. The maximum Gasteiger partial charge on any atom is 0.323 e. The number of carboxylic acids is 1. The number of amides is 1. The molecule has 0 saturated heterocycles. The highest BCUT2D eigenvalue weighted by atomic mass is 35.5. The number of nitrogens with zero attached hydrogens (tertiary/aromatic N) is 1. The monoisotopic (exact) mass is 450 g/mol. The van der Waals surface area contributed by atoms with E-state index in [1.165, 1.54) is 23.1 Å². The number of aromatic amines is 1. The molecule has 32 heavy (non-hydrogen) atoms. The number of aromatic nitrogens is 1. The summed E-state index contributed by atoms with van der Waals surface area (Å²) in [7, 11) is 0. The van der Waals surface area contributed by atoms with E-state index >= 15 is 0 Å². The van der Waals surface area contributed by atoms with Gasteiger partial charge < -0.3 is 15.0 Å². The van der Waals surface area contributed by atoms with E-state index in [0.717, 1.165) is 22.0 Å². The van der Waals surface area contributed by atoms with Crippen LogP contribution in [0, 0.1) is 12.7 Å². The summed E-state index contributed by atoms with van der Waals surface area (Å²) in [5, 5.41) is 10.2. The first kappa shape index (κ1) is 21.6. The van der Waals surface area contributed by atoms with E-state index in [9.17, 15) is 19.1 Å². The number of hydrogen-bond donors (Lipinski definition) is 2. The van der Waals surface area contributed by atoms with Gasteiger partial charge in [0, 0.05) is 23.0 Å². The molecule has 0 radical (unpaired) electrons. The van der Waals surface area contributed by atoms with Crippen LogP contribution < -0.4 is 0 Å². The molecule has 0 atom stereocenters. The number of carboxylic acid groups (broad SMARTS) is 1. The standard InChI is InChI=1S/C25H20ClFN2O3/c1-15-7-10-21-18(11-15)23(17-5-3-2-4-6-17)24(28-21)25(32)29(14-22(30)31)13-16-8-9-20(27)19(26)12-16/h2-12,28H,13-14H2,1H3,(H,30,31). The molecule has 4 rings (SSSR count). The van der Waals surface area contributed by atoms with Gasteiger partial charge in [0.2, 0.25) is 0 Å². The second kappa shape index (κ2) is 8.85. The molecule has 7 heteroatoms. The molecule has 2 N–H and O–H groups in total. The molecule has 4 aromatic rings. The largest absolute Gasteiger partial charge is 0.480 e. The number of benzene rings is 3. The number of carbonyl (C=O) groups excluding carboxylic acids is 1. The second-order valence-electron chi connectivity index (χ2n) is 7.59. The van der Waals surface area contributed by atoms with Crippen LogP contribution in [0.25, 0.3) is 22.0 Å². The van der Waals surface area contributed by atoms with Crippen LogP contribution in [0.1, 0.15) is 21.6 Å². The Morgan fingerprint density at radius 3 is 2.50 bits per heavy atom. The molecule has 1 amide bonds. The summed E-state index contributed by atoms with van der Waals surface area (Å²) in [5.74, 6) is -2.20. The van der Waals surface area contributed by atoms with Crippen molar-refractivity contribution in [2.75, 3.05) is 6.54 Å². The molecule has 0 aliphatic heterocycles. The summed E-state index contributed by atoms with van der Waals surface area (Å²) in [6, 6.07) is 19.4. The van der Waals surface area contributed by atoms with E-state index in [-0.39, 0.29) is 11.6 Å². The minimum atomic E-state index is -1.15. The third kappa shape index (κ3) is 4.36. The maximum atomic E-state index is 13.6.